The van der Waals surface area contributed by atoms with Crippen LogP contribution in [0, 0.1) is 0 Å². The number of amides is 1. The molecule has 108 valence electrons. The van der Waals surface area contributed by atoms with Crippen molar-refractivity contribution >= 4 is 11.6 Å². The number of nitrogens with one attached hydrogen (secondary N) is 1. The second kappa shape index (κ2) is 7.39. The normalized spacial score (nSPS) is 11.5. The highest BCUT2D eigenvalue weighted by atomic mass is 16.2. The predicted octanol–water partition coefficient (Wildman–Crippen LogP) is 3.72. The van der Waals surface area contributed by atoms with E-state index in [1.54, 1.807) is 0 Å². The molecule has 0 saturated heterocycles. The maximum Gasteiger partial charge on any atom is 0.252 e. The zero-order valence-electron chi connectivity index (χ0n) is 12.4. The van der Waals surface area contributed by atoms with Gasteiger partial charge in [-0.25, -0.2) is 5.43 Å². The lowest BCUT2D eigenvalue weighted by atomic mass is 9.91. The van der Waals surface area contributed by atoms with E-state index in [2.05, 4.69) is 10.5 Å². The lowest BCUT2D eigenvalue weighted by Gasteiger charge is -2.16. The summed E-state index contributed by atoms with van der Waals surface area (Å²) in [5, 5.41) is 4.13. The Morgan fingerprint density at radius 2 is 1.48 bits per heavy atom. The maximum absolute atomic E-state index is 12.5. The van der Waals surface area contributed by atoms with Crippen molar-refractivity contribution < 1.29 is 4.79 Å². The van der Waals surface area contributed by atoms with Crippen LogP contribution in [0.3, 0.4) is 0 Å². The number of carbonyl (C=O) groups excluding carboxylic acids is 1. The lowest BCUT2D eigenvalue weighted by molar-refractivity contribution is -0.121. The van der Waals surface area contributed by atoms with E-state index in [1.807, 2.05) is 74.5 Å². The lowest BCUT2D eigenvalue weighted by Crippen LogP contribution is -2.27. The first-order valence-electron chi connectivity index (χ1n) is 7.15. The highest BCUT2D eigenvalue weighted by Gasteiger charge is 2.22. The highest BCUT2D eigenvalue weighted by molar-refractivity contribution is 5.89. The van der Waals surface area contributed by atoms with Crippen molar-refractivity contribution in [2.75, 3.05) is 0 Å². The standard InChI is InChI=1S/C18H20N2O/c1-3-14(2)19-20-18(21)17(15-10-6-4-7-11-15)16-12-8-5-9-13-16/h4-13,17H,3H2,1-2H3,(H,20,21)/b19-14+. The largest absolute Gasteiger partial charge is 0.272 e. The number of hydrazone groups is 1. The number of carbonyl (C=O) groups is 1. The third kappa shape index (κ3) is 4.02. The van der Waals surface area contributed by atoms with E-state index in [4.69, 9.17) is 0 Å². The summed E-state index contributed by atoms with van der Waals surface area (Å²) in [6, 6.07) is 19.5. The molecule has 0 heterocycles. The van der Waals surface area contributed by atoms with Gasteiger partial charge in [0.05, 0.1) is 5.92 Å². The molecule has 0 aliphatic rings. The molecular weight excluding hydrogens is 260 g/mol. The third-order valence-corrected chi connectivity index (χ3v) is 3.40. The fraction of sp³-hybridized carbons (Fsp3) is 0.222. The molecule has 0 aromatic heterocycles. The van der Waals surface area contributed by atoms with E-state index in [0.717, 1.165) is 23.3 Å². The summed E-state index contributed by atoms with van der Waals surface area (Å²) in [6.07, 6.45) is 0.821. The van der Waals surface area contributed by atoms with Crippen molar-refractivity contribution in [3.63, 3.8) is 0 Å². The molecule has 0 spiro atoms. The monoisotopic (exact) mass is 280 g/mol. The molecule has 0 atom stereocenters. The van der Waals surface area contributed by atoms with Crippen molar-refractivity contribution in [2.24, 2.45) is 5.10 Å². The van der Waals surface area contributed by atoms with Crippen LogP contribution in [0.4, 0.5) is 0 Å². The number of nitrogens with zero attached hydrogens (tertiary/aromatic N) is 1. The van der Waals surface area contributed by atoms with Gasteiger partial charge < -0.3 is 0 Å². The average Bonchev–Trinajstić information content (AvgIpc) is 2.55. The summed E-state index contributed by atoms with van der Waals surface area (Å²) in [5.74, 6) is -0.457. The van der Waals surface area contributed by atoms with Gasteiger partial charge in [0.25, 0.3) is 5.91 Å². The van der Waals surface area contributed by atoms with Crippen LogP contribution in [-0.4, -0.2) is 11.6 Å². The number of rotatable bonds is 5. The van der Waals surface area contributed by atoms with E-state index >= 15 is 0 Å². The summed E-state index contributed by atoms with van der Waals surface area (Å²) in [4.78, 5) is 12.5. The van der Waals surface area contributed by atoms with Gasteiger partial charge in [-0.3, -0.25) is 4.79 Å². The van der Waals surface area contributed by atoms with Gasteiger partial charge in [0.15, 0.2) is 0 Å². The van der Waals surface area contributed by atoms with Crippen molar-refractivity contribution in [3.05, 3.63) is 71.8 Å². The third-order valence-electron chi connectivity index (χ3n) is 3.40. The quantitative estimate of drug-likeness (QED) is 0.658. The molecule has 2 aromatic carbocycles. The van der Waals surface area contributed by atoms with Crippen molar-refractivity contribution in [2.45, 2.75) is 26.2 Å². The molecule has 0 saturated carbocycles. The molecule has 0 aliphatic carbocycles. The minimum Gasteiger partial charge on any atom is -0.272 e. The Morgan fingerprint density at radius 1 is 1.00 bits per heavy atom. The Balaban J connectivity index is 2.31. The molecule has 0 bridgehead atoms. The van der Waals surface area contributed by atoms with Crippen LogP contribution < -0.4 is 5.43 Å². The summed E-state index contributed by atoms with van der Waals surface area (Å²) in [7, 11) is 0. The summed E-state index contributed by atoms with van der Waals surface area (Å²) in [6.45, 7) is 3.91. The van der Waals surface area contributed by atoms with E-state index in [1.165, 1.54) is 0 Å². The molecule has 0 unspecified atom stereocenters. The fourth-order valence-electron chi connectivity index (χ4n) is 2.08. The topological polar surface area (TPSA) is 41.5 Å². The first-order chi connectivity index (χ1) is 10.2. The van der Waals surface area contributed by atoms with Crippen molar-refractivity contribution in [1.29, 1.82) is 0 Å². The Bertz CT molecular complexity index is 566. The van der Waals surface area contributed by atoms with Crippen LogP contribution in [0.5, 0.6) is 0 Å². The number of benzene rings is 2. The second-order valence-electron chi connectivity index (χ2n) is 4.93. The van der Waals surface area contributed by atoms with Crippen LogP contribution in [0.1, 0.15) is 37.3 Å². The zero-order chi connectivity index (χ0) is 15.1. The van der Waals surface area contributed by atoms with Gasteiger partial charge in [-0.05, 0) is 24.5 Å². The maximum atomic E-state index is 12.5. The van der Waals surface area contributed by atoms with Gasteiger partial charge in [-0.1, -0.05) is 67.6 Å². The summed E-state index contributed by atoms with van der Waals surface area (Å²) < 4.78 is 0. The van der Waals surface area contributed by atoms with E-state index < -0.39 is 0 Å². The predicted molar refractivity (Wildman–Crippen MR) is 86.3 cm³/mol. The van der Waals surface area contributed by atoms with Gasteiger partial charge in [0, 0.05) is 5.71 Å². The molecule has 0 aliphatic heterocycles. The Kier molecular flexibility index (Phi) is 5.27. The van der Waals surface area contributed by atoms with Gasteiger partial charge in [0.2, 0.25) is 0 Å². The average molecular weight is 280 g/mol. The first kappa shape index (κ1) is 15.0. The number of hydrogen-bond acceptors (Lipinski definition) is 2. The summed E-state index contributed by atoms with van der Waals surface area (Å²) in [5.41, 5.74) is 5.51. The van der Waals surface area contributed by atoms with Crippen LogP contribution in [0.25, 0.3) is 0 Å². The van der Waals surface area contributed by atoms with Crippen LogP contribution in [-0.2, 0) is 4.79 Å². The number of hydrogen-bond donors (Lipinski definition) is 1. The Labute approximate surface area is 125 Å². The fourth-order valence-corrected chi connectivity index (χ4v) is 2.08. The van der Waals surface area contributed by atoms with Crippen LogP contribution >= 0.6 is 0 Å². The Morgan fingerprint density at radius 3 is 1.90 bits per heavy atom. The zero-order valence-corrected chi connectivity index (χ0v) is 12.4. The molecule has 3 heteroatoms. The van der Waals surface area contributed by atoms with Crippen LogP contribution in [0.15, 0.2) is 65.8 Å². The minimum atomic E-state index is -0.346. The van der Waals surface area contributed by atoms with Crippen molar-refractivity contribution in [1.82, 2.24) is 5.43 Å². The molecule has 2 rings (SSSR count). The SMILES string of the molecule is CC/C(C)=N/NC(=O)C(c1ccccc1)c1ccccc1. The minimum absolute atomic E-state index is 0.111. The van der Waals surface area contributed by atoms with E-state index in [-0.39, 0.29) is 11.8 Å². The van der Waals surface area contributed by atoms with Crippen LogP contribution in [0.2, 0.25) is 0 Å². The first-order valence-corrected chi connectivity index (χ1v) is 7.15. The molecule has 1 amide bonds. The van der Waals surface area contributed by atoms with Crippen molar-refractivity contribution in [3.8, 4) is 0 Å². The van der Waals surface area contributed by atoms with Gasteiger partial charge in [-0.15, -0.1) is 0 Å². The highest BCUT2D eigenvalue weighted by Crippen LogP contribution is 2.24. The molecule has 3 nitrogen and oxygen atoms in total. The molecule has 21 heavy (non-hydrogen) atoms. The van der Waals surface area contributed by atoms with Gasteiger partial charge in [-0.2, -0.15) is 5.10 Å². The van der Waals surface area contributed by atoms with E-state index in [0.29, 0.717) is 0 Å². The van der Waals surface area contributed by atoms with Gasteiger partial charge in [0.1, 0.15) is 0 Å². The molecule has 0 fully saturated rings. The van der Waals surface area contributed by atoms with E-state index in [9.17, 15) is 4.79 Å². The van der Waals surface area contributed by atoms with Gasteiger partial charge >= 0.3 is 0 Å². The molecule has 1 N–H and O–H groups in total. The molecule has 0 radical (unpaired) electrons. The summed E-state index contributed by atoms with van der Waals surface area (Å²) >= 11 is 0. The molecular formula is C18H20N2O. The Hall–Kier alpha value is -2.42. The smallest absolute Gasteiger partial charge is 0.252 e. The molecule has 2 aromatic rings. The second-order valence-corrected chi connectivity index (χ2v) is 4.93.